The molecule has 0 heterocycles. The molecule has 0 saturated heterocycles. The lowest BCUT2D eigenvalue weighted by atomic mass is 9.79. The highest BCUT2D eigenvalue weighted by molar-refractivity contribution is 6.30. The van der Waals surface area contributed by atoms with Gasteiger partial charge in [-0.2, -0.15) is 0 Å². The van der Waals surface area contributed by atoms with Crippen molar-refractivity contribution in [1.82, 2.24) is 0 Å². The molecule has 3 rings (SSSR count). The van der Waals surface area contributed by atoms with E-state index in [-0.39, 0.29) is 11.1 Å². The molecule has 1 atom stereocenters. The van der Waals surface area contributed by atoms with E-state index in [0.29, 0.717) is 5.92 Å². The average molecular weight is 290 g/mol. The Kier molecular flexibility index (Phi) is 3.77. The normalized spacial score (nSPS) is 16.8. The van der Waals surface area contributed by atoms with Crippen LogP contribution in [0.4, 0.5) is 4.39 Å². The molecule has 0 spiro atoms. The summed E-state index contributed by atoms with van der Waals surface area (Å²) < 4.78 is 13.2. The Morgan fingerprint density at radius 3 is 2.50 bits per heavy atom. The van der Waals surface area contributed by atoms with Crippen molar-refractivity contribution in [1.29, 1.82) is 0 Å². The highest BCUT2D eigenvalue weighted by Crippen LogP contribution is 2.37. The van der Waals surface area contributed by atoms with Gasteiger partial charge in [-0.1, -0.05) is 48.4 Å². The van der Waals surface area contributed by atoms with E-state index in [1.54, 1.807) is 12.1 Å². The minimum Gasteiger partial charge on any atom is -0.320 e. The molecule has 2 aromatic carbocycles. The first-order valence-electron chi connectivity index (χ1n) is 6.95. The Bertz CT molecular complexity index is 622. The fraction of sp³-hybridized carbons (Fsp3) is 0.294. The molecule has 3 heteroatoms. The first-order chi connectivity index (χ1) is 9.65. The molecular formula is C17H17ClFN. The topological polar surface area (TPSA) is 26.0 Å². The minimum atomic E-state index is -0.411. The number of hydrogen-bond donors (Lipinski definition) is 1. The van der Waals surface area contributed by atoms with Crippen molar-refractivity contribution in [2.45, 2.75) is 31.2 Å². The van der Waals surface area contributed by atoms with Gasteiger partial charge in [-0.25, -0.2) is 4.39 Å². The molecule has 0 radical (unpaired) electrons. The van der Waals surface area contributed by atoms with E-state index in [1.807, 2.05) is 12.1 Å². The molecule has 1 unspecified atom stereocenters. The van der Waals surface area contributed by atoms with Crippen LogP contribution in [0.25, 0.3) is 0 Å². The molecule has 1 aliphatic rings. The molecule has 1 aliphatic carbocycles. The number of nitrogens with two attached hydrogens (primary N) is 1. The zero-order chi connectivity index (χ0) is 14.1. The molecule has 104 valence electrons. The van der Waals surface area contributed by atoms with E-state index in [0.717, 1.165) is 11.1 Å². The van der Waals surface area contributed by atoms with E-state index in [9.17, 15) is 4.39 Å². The third-order valence-corrected chi connectivity index (χ3v) is 4.44. The van der Waals surface area contributed by atoms with Crippen LogP contribution in [-0.4, -0.2) is 0 Å². The van der Waals surface area contributed by atoms with Gasteiger partial charge in [0.1, 0.15) is 5.82 Å². The van der Waals surface area contributed by atoms with E-state index in [4.69, 9.17) is 17.3 Å². The van der Waals surface area contributed by atoms with Gasteiger partial charge in [0.05, 0.1) is 11.1 Å². The van der Waals surface area contributed by atoms with Gasteiger partial charge in [-0.3, -0.25) is 0 Å². The zero-order valence-electron chi connectivity index (χ0n) is 11.2. The summed E-state index contributed by atoms with van der Waals surface area (Å²) >= 11 is 5.83. The lowest BCUT2D eigenvalue weighted by Gasteiger charge is -2.26. The van der Waals surface area contributed by atoms with Crippen molar-refractivity contribution in [3.8, 4) is 0 Å². The van der Waals surface area contributed by atoms with Crippen LogP contribution >= 0.6 is 11.6 Å². The Balaban J connectivity index is 1.89. The highest BCUT2D eigenvalue weighted by Gasteiger charge is 2.20. The summed E-state index contributed by atoms with van der Waals surface area (Å²) in [6, 6.07) is 12.8. The van der Waals surface area contributed by atoms with Gasteiger partial charge in [0.15, 0.2) is 0 Å². The predicted molar refractivity (Wildman–Crippen MR) is 80.5 cm³/mol. The van der Waals surface area contributed by atoms with Crippen LogP contribution in [0, 0.1) is 5.82 Å². The second-order valence-electron chi connectivity index (χ2n) is 5.45. The largest absolute Gasteiger partial charge is 0.320 e. The Morgan fingerprint density at radius 1 is 1.10 bits per heavy atom. The van der Waals surface area contributed by atoms with Gasteiger partial charge in [0.2, 0.25) is 0 Å². The summed E-state index contributed by atoms with van der Waals surface area (Å²) in [5, 5.41) is 0.119. The van der Waals surface area contributed by atoms with Crippen molar-refractivity contribution in [2.24, 2.45) is 5.73 Å². The minimum absolute atomic E-state index is 0.119. The Morgan fingerprint density at radius 2 is 1.85 bits per heavy atom. The summed E-state index contributed by atoms with van der Waals surface area (Å²) in [4.78, 5) is 0. The van der Waals surface area contributed by atoms with Crippen LogP contribution in [0.3, 0.4) is 0 Å². The van der Waals surface area contributed by atoms with Crippen molar-refractivity contribution in [3.63, 3.8) is 0 Å². The number of halogens is 2. The summed E-state index contributed by atoms with van der Waals surface area (Å²) in [5.74, 6) is 0.268. The van der Waals surface area contributed by atoms with Gasteiger partial charge in [-0.15, -0.1) is 0 Å². The standard InChI is InChI=1S/C17H17ClFN/c18-15-10-14(7-8-16(15)19)17(20)13-6-2-5-12(9-13)11-3-1-4-11/h2,5-11,17H,1,3-4,20H2. The maximum absolute atomic E-state index is 13.2. The fourth-order valence-electron chi connectivity index (χ4n) is 2.65. The molecule has 2 N–H and O–H groups in total. The molecule has 0 bridgehead atoms. The molecule has 1 saturated carbocycles. The van der Waals surface area contributed by atoms with Crippen LogP contribution in [0.15, 0.2) is 42.5 Å². The van der Waals surface area contributed by atoms with Crippen molar-refractivity contribution >= 4 is 11.6 Å². The number of rotatable bonds is 3. The predicted octanol–water partition coefficient (Wildman–Crippen LogP) is 4.79. The van der Waals surface area contributed by atoms with Crippen LogP contribution in [-0.2, 0) is 0 Å². The monoisotopic (exact) mass is 289 g/mol. The summed E-state index contributed by atoms with van der Waals surface area (Å²) in [5.41, 5.74) is 9.53. The van der Waals surface area contributed by atoms with Crippen LogP contribution in [0.2, 0.25) is 5.02 Å². The summed E-state index contributed by atoms with van der Waals surface area (Å²) in [6.07, 6.45) is 3.84. The molecule has 1 fully saturated rings. The zero-order valence-corrected chi connectivity index (χ0v) is 11.9. The molecule has 2 aromatic rings. The van der Waals surface area contributed by atoms with Crippen molar-refractivity contribution in [2.75, 3.05) is 0 Å². The smallest absolute Gasteiger partial charge is 0.141 e. The molecule has 0 amide bonds. The highest BCUT2D eigenvalue weighted by atomic mass is 35.5. The van der Waals surface area contributed by atoms with E-state index in [2.05, 4.69) is 12.1 Å². The lowest BCUT2D eigenvalue weighted by Crippen LogP contribution is -2.14. The lowest BCUT2D eigenvalue weighted by molar-refractivity contribution is 0.419. The Labute approximate surface area is 123 Å². The maximum Gasteiger partial charge on any atom is 0.141 e. The first-order valence-corrected chi connectivity index (χ1v) is 7.33. The summed E-state index contributed by atoms with van der Waals surface area (Å²) in [6.45, 7) is 0. The van der Waals surface area contributed by atoms with E-state index in [1.165, 1.54) is 30.9 Å². The fourth-order valence-corrected chi connectivity index (χ4v) is 2.84. The number of hydrogen-bond acceptors (Lipinski definition) is 1. The number of benzene rings is 2. The molecular weight excluding hydrogens is 273 g/mol. The molecule has 0 aliphatic heterocycles. The van der Waals surface area contributed by atoms with E-state index < -0.39 is 5.82 Å². The quantitative estimate of drug-likeness (QED) is 0.863. The third kappa shape index (κ3) is 2.58. The second kappa shape index (κ2) is 5.55. The van der Waals surface area contributed by atoms with Crippen LogP contribution < -0.4 is 5.73 Å². The van der Waals surface area contributed by atoms with Gasteiger partial charge in [0.25, 0.3) is 0 Å². The maximum atomic E-state index is 13.2. The van der Waals surface area contributed by atoms with Gasteiger partial charge in [-0.05, 0) is 47.6 Å². The molecule has 0 aromatic heterocycles. The third-order valence-electron chi connectivity index (χ3n) is 4.15. The second-order valence-corrected chi connectivity index (χ2v) is 5.86. The first kappa shape index (κ1) is 13.6. The van der Waals surface area contributed by atoms with Gasteiger partial charge in [0, 0.05) is 0 Å². The van der Waals surface area contributed by atoms with Crippen LogP contribution in [0.5, 0.6) is 0 Å². The van der Waals surface area contributed by atoms with Gasteiger partial charge >= 0.3 is 0 Å². The van der Waals surface area contributed by atoms with Crippen LogP contribution in [0.1, 0.15) is 47.9 Å². The van der Waals surface area contributed by atoms with Crippen molar-refractivity contribution in [3.05, 3.63) is 70.0 Å². The molecule has 20 heavy (non-hydrogen) atoms. The summed E-state index contributed by atoms with van der Waals surface area (Å²) in [7, 11) is 0. The SMILES string of the molecule is NC(c1cccc(C2CCC2)c1)c1ccc(F)c(Cl)c1. The van der Waals surface area contributed by atoms with E-state index >= 15 is 0 Å². The molecule has 1 nitrogen and oxygen atoms in total. The van der Waals surface area contributed by atoms with Crippen molar-refractivity contribution < 1.29 is 4.39 Å². The van der Waals surface area contributed by atoms with Gasteiger partial charge < -0.3 is 5.73 Å². The Hall–Kier alpha value is -1.38. The average Bonchev–Trinajstić information content (AvgIpc) is 2.39.